The zero-order chi connectivity index (χ0) is 18.4. The highest BCUT2D eigenvalue weighted by atomic mass is 35.5. The van der Waals surface area contributed by atoms with Gasteiger partial charge in [0.1, 0.15) is 11.5 Å². The second-order valence-electron chi connectivity index (χ2n) is 5.72. The van der Waals surface area contributed by atoms with Crippen molar-refractivity contribution in [2.75, 3.05) is 11.9 Å². The van der Waals surface area contributed by atoms with Gasteiger partial charge in [0.25, 0.3) is 5.91 Å². The fourth-order valence-electron chi connectivity index (χ4n) is 2.39. The van der Waals surface area contributed by atoms with Crippen LogP contribution in [-0.4, -0.2) is 22.4 Å². The molecule has 0 bridgehead atoms. The Morgan fingerprint density at radius 2 is 1.85 bits per heavy atom. The first-order valence-electron chi connectivity index (χ1n) is 8.41. The van der Waals surface area contributed by atoms with Gasteiger partial charge in [-0.1, -0.05) is 54.9 Å². The summed E-state index contributed by atoms with van der Waals surface area (Å²) in [4.78, 5) is 21.4. The smallest absolute Gasteiger partial charge is 0.270 e. The largest absolute Gasteiger partial charge is 0.351 e. The van der Waals surface area contributed by atoms with Gasteiger partial charge in [-0.25, -0.2) is 9.97 Å². The maximum atomic E-state index is 12.4. The van der Waals surface area contributed by atoms with E-state index >= 15 is 0 Å². The summed E-state index contributed by atoms with van der Waals surface area (Å²) in [6.07, 6.45) is 0.857. The average Bonchev–Trinajstić information content (AvgIpc) is 2.66. The lowest BCUT2D eigenvalue weighted by molar-refractivity contribution is 0.0948. The monoisotopic (exact) mass is 366 g/mol. The molecule has 1 amide bonds. The number of nitrogens with one attached hydrogen (secondary N) is 2. The molecule has 2 aromatic carbocycles. The van der Waals surface area contributed by atoms with Crippen LogP contribution in [0.1, 0.15) is 23.8 Å². The van der Waals surface area contributed by atoms with Crippen molar-refractivity contribution < 1.29 is 4.79 Å². The van der Waals surface area contributed by atoms with Crippen LogP contribution >= 0.6 is 11.6 Å². The van der Waals surface area contributed by atoms with E-state index in [0.29, 0.717) is 28.9 Å². The zero-order valence-electron chi connectivity index (χ0n) is 14.4. The number of hydrogen-bond donors (Lipinski definition) is 2. The minimum Gasteiger partial charge on any atom is -0.351 e. The highest BCUT2D eigenvalue weighted by Crippen LogP contribution is 2.22. The normalized spacial score (nSPS) is 10.4. The molecule has 3 aromatic rings. The molecule has 0 spiro atoms. The van der Waals surface area contributed by atoms with Crippen LogP contribution in [0.25, 0.3) is 11.4 Å². The molecule has 0 fully saturated rings. The summed E-state index contributed by atoms with van der Waals surface area (Å²) in [7, 11) is 0. The highest BCUT2D eigenvalue weighted by Gasteiger charge is 2.13. The van der Waals surface area contributed by atoms with Gasteiger partial charge in [0.15, 0.2) is 5.82 Å². The molecule has 26 heavy (non-hydrogen) atoms. The van der Waals surface area contributed by atoms with E-state index in [4.69, 9.17) is 11.6 Å². The second-order valence-corrected chi connectivity index (χ2v) is 6.16. The van der Waals surface area contributed by atoms with Crippen molar-refractivity contribution in [2.24, 2.45) is 0 Å². The number of carbonyl (C=O) groups is 1. The average molecular weight is 367 g/mol. The lowest BCUT2D eigenvalue weighted by Gasteiger charge is -2.11. The standard InChI is InChI=1S/C20H19ClN4O/c1-2-11-22-20(26)17-13-18(23-16-10-6-9-15(21)12-16)25-19(24-17)14-7-4-3-5-8-14/h3-10,12-13H,2,11H2,1H3,(H,22,26)(H,23,24,25). The molecular formula is C20H19ClN4O. The molecule has 2 N–H and O–H groups in total. The van der Waals surface area contributed by atoms with Gasteiger partial charge in [-0.05, 0) is 24.6 Å². The third-order valence-electron chi connectivity index (χ3n) is 3.62. The van der Waals surface area contributed by atoms with Crippen molar-refractivity contribution in [3.8, 4) is 11.4 Å². The molecule has 6 heteroatoms. The van der Waals surface area contributed by atoms with E-state index in [9.17, 15) is 4.79 Å². The van der Waals surface area contributed by atoms with Crippen LogP contribution in [0.4, 0.5) is 11.5 Å². The molecule has 0 aliphatic heterocycles. The molecule has 3 rings (SSSR count). The van der Waals surface area contributed by atoms with Crippen LogP contribution in [0.3, 0.4) is 0 Å². The molecule has 132 valence electrons. The first-order valence-corrected chi connectivity index (χ1v) is 8.79. The molecular weight excluding hydrogens is 348 g/mol. The summed E-state index contributed by atoms with van der Waals surface area (Å²) in [5.41, 5.74) is 1.94. The van der Waals surface area contributed by atoms with Gasteiger partial charge >= 0.3 is 0 Å². The van der Waals surface area contributed by atoms with Gasteiger partial charge in [-0.2, -0.15) is 0 Å². The second kappa shape index (κ2) is 8.45. The first-order chi connectivity index (χ1) is 12.7. The first kappa shape index (κ1) is 17.9. The molecule has 1 aromatic heterocycles. The fourth-order valence-corrected chi connectivity index (χ4v) is 2.58. The number of halogens is 1. The Kier molecular flexibility index (Phi) is 5.81. The number of carbonyl (C=O) groups excluding carboxylic acids is 1. The van der Waals surface area contributed by atoms with E-state index in [-0.39, 0.29) is 5.91 Å². The summed E-state index contributed by atoms with van der Waals surface area (Å²) in [6, 6.07) is 18.5. The lowest BCUT2D eigenvalue weighted by atomic mass is 10.2. The van der Waals surface area contributed by atoms with Crippen molar-refractivity contribution in [3.63, 3.8) is 0 Å². The number of rotatable bonds is 6. The van der Waals surface area contributed by atoms with Crippen molar-refractivity contribution in [1.82, 2.24) is 15.3 Å². The maximum Gasteiger partial charge on any atom is 0.270 e. The Hall–Kier alpha value is -2.92. The molecule has 1 heterocycles. The van der Waals surface area contributed by atoms with Crippen molar-refractivity contribution in [3.05, 3.63) is 71.4 Å². The third-order valence-corrected chi connectivity index (χ3v) is 3.86. The molecule has 0 aliphatic rings. The number of benzene rings is 2. The number of anilines is 2. The van der Waals surface area contributed by atoms with Crippen LogP contribution < -0.4 is 10.6 Å². The van der Waals surface area contributed by atoms with Crippen molar-refractivity contribution >= 4 is 29.0 Å². The van der Waals surface area contributed by atoms with Crippen LogP contribution in [0, 0.1) is 0 Å². The van der Waals surface area contributed by atoms with Crippen LogP contribution in [-0.2, 0) is 0 Å². The Labute approximate surface area is 157 Å². The number of amides is 1. The summed E-state index contributed by atoms with van der Waals surface area (Å²) in [5.74, 6) is 0.794. The predicted octanol–water partition coefficient (Wildman–Crippen LogP) is 4.68. The van der Waals surface area contributed by atoms with E-state index < -0.39 is 0 Å². The molecule has 5 nitrogen and oxygen atoms in total. The van der Waals surface area contributed by atoms with Gasteiger partial charge in [-0.15, -0.1) is 0 Å². The Bertz CT molecular complexity index is 899. The van der Waals surface area contributed by atoms with E-state index in [1.54, 1.807) is 18.2 Å². The Morgan fingerprint density at radius 1 is 1.04 bits per heavy atom. The lowest BCUT2D eigenvalue weighted by Crippen LogP contribution is -2.25. The highest BCUT2D eigenvalue weighted by molar-refractivity contribution is 6.30. The molecule has 0 atom stereocenters. The van der Waals surface area contributed by atoms with Crippen molar-refractivity contribution in [2.45, 2.75) is 13.3 Å². The quantitative estimate of drug-likeness (QED) is 0.664. The molecule has 0 aliphatic carbocycles. The summed E-state index contributed by atoms with van der Waals surface area (Å²) in [6.45, 7) is 2.60. The zero-order valence-corrected chi connectivity index (χ0v) is 15.1. The van der Waals surface area contributed by atoms with Gasteiger partial charge < -0.3 is 10.6 Å². The van der Waals surface area contributed by atoms with Crippen molar-refractivity contribution in [1.29, 1.82) is 0 Å². The SMILES string of the molecule is CCCNC(=O)c1cc(Nc2cccc(Cl)c2)nc(-c2ccccc2)n1. The van der Waals surface area contributed by atoms with Crippen LogP contribution in [0.5, 0.6) is 0 Å². The molecule has 0 saturated heterocycles. The summed E-state index contributed by atoms with van der Waals surface area (Å²) >= 11 is 6.04. The molecule has 0 saturated carbocycles. The predicted molar refractivity (Wildman–Crippen MR) is 105 cm³/mol. The third kappa shape index (κ3) is 4.58. The fraction of sp³-hybridized carbons (Fsp3) is 0.150. The topological polar surface area (TPSA) is 66.9 Å². The Balaban J connectivity index is 1.98. The van der Waals surface area contributed by atoms with Gasteiger partial charge in [0.05, 0.1) is 0 Å². The summed E-state index contributed by atoms with van der Waals surface area (Å²) in [5, 5.41) is 6.66. The summed E-state index contributed by atoms with van der Waals surface area (Å²) < 4.78 is 0. The molecule has 0 radical (unpaired) electrons. The number of aromatic nitrogens is 2. The number of hydrogen-bond acceptors (Lipinski definition) is 4. The van der Waals surface area contributed by atoms with E-state index in [2.05, 4.69) is 20.6 Å². The van der Waals surface area contributed by atoms with E-state index in [1.165, 1.54) is 0 Å². The van der Waals surface area contributed by atoms with Gasteiger partial charge in [-0.3, -0.25) is 4.79 Å². The van der Waals surface area contributed by atoms with E-state index in [1.807, 2.05) is 49.4 Å². The maximum absolute atomic E-state index is 12.4. The Morgan fingerprint density at radius 3 is 2.58 bits per heavy atom. The number of nitrogens with zero attached hydrogens (tertiary/aromatic N) is 2. The van der Waals surface area contributed by atoms with Gasteiger partial charge in [0, 0.05) is 28.9 Å². The van der Waals surface area contributed by atoms with Crippen LogP contribution in [0.15, 0.2) is 60.7 Å². The van der Waals surface area contributed by atoms with Gasteiger partial charge in [0.2, 0.25) is 0 Å². The van der Waals surface area contributed by atoms with Crippen LogP contribution in [0.2, 0.25) is 5.02 Å². The minimum absolute atomic E-state index is 0.222. The minimum atomic E-state index is -0.222. The van der Waals surface area contributed by atoms with E-state index in [0.717, 1.165) is 17.7 Å². The molecule has 0 unspecified atom stereocenters.